The molecule has 0 aliphatic heterocycles. The zero-order valence-corrected chi connectivity index (χ0v) is 11.9. The topological polar surface area (TPSA) is 26.0 Å². The van der Waals surface area contributed by atoms with Crippen molar-refractivity contribution < 1.29 is 8.78 Å². The molecule has 2 N–H and O–H groups in total. The molecule has 0 radical (unpaired) electrons. The van der Waals surface area contributed by atoms with Crippen molar-refractivity contribution in [3.8, 4) is 0 Å². The van der Waals surface area contributed by atoms with Crippen LogP contribution in [0.25, 0.3) is 0 Å². The molecule has 1 aliphatic rings. The minimum absolute atomic E-state index is 0.0379. The predicted molar refractivity (Wildman–Crippen MR) is 74.8 cm³/mol. The fourth-order valence-corrected chi connectivity index (χ4v) is 3.56. The standard InChI is InChI=1S/C15H20ClF2N/c1-14(17,18)13-11(6-5-7-12(13)16)15(10-19)8-3-2-4-9-15/h5-7H,2-4,8-10,19H2,1H3. The minimum Gasteiger partial charge on any atom is -0.330 e. The van der Waals surface area contributed by atoms with Gasteiger partial charge in [-0.25, -0.2) is 8.78 Å². The maximum Gasteiger partial charge on any atom is 0.272 e. The SMILES string of the molecule is CC(F)(F)c1c(Cl)cccc1C1(CN)CCCCC1. The molecule has 0 amide bonds. The summed E-state index contributed by atoms with van der Waals surface area (Å²) in [4.78, 5) is 0. The minimum atomic E-state index is -2.94. The summed E-state index contributed by atoms with van der Waals surface area (Å²) in [6, 6.07) is 5.06. The number of alkyl halides is 2. The van der Waals surface area contributed by atoms with Gasteiger partial charge in [-0.15, -0.1) is 0 Å². The van der Waals surface area contributed by atoms with E-state index in [1.165, 1.54) is 6.07 Å². The lowest BCUT2D eigenvalue weighted by molar-refractivity contribution is 0.0150. The second-order valence-electron chi connectivity index (χ2n) is 5.60. The Morgan fingerprint density at radius 1 is 1.26 bits per heavy atom. The highest BCUT2D eigenvalue weighted by Crippen LogP contribution is 2.46. The second kappa shape index (κ2) is 5.37. The van der Waals surface area contributed by atoms with Gasteiger partial charge >= 0.3 is 0 Å². The Balaban J connectivity index is 2.57. The highest BCUT2D eigenvalue weighted by Gasteiger charge is 2.40. The Morgan fingerprint density at radius 2 is 1.89 bits per heavy atom. The van der Waals surface area contributed by atoms with Gasteiger partial charge in [-0.1, -0.05) is 43.0 Å². The zero-order chi connectivity index (χ0) is 14.1. The number of hydrogen-bond donors (Lipinski definition) is 1. The largest absolute Gasteiger partial charge is 0.330 e. The first-order valence-electron chi connectivity index (χ1n) is 6.78. The van der Waals surface area contributed by atoms with Crippen LogP contribution in [0, 0.1) is 0 Å². The van der Waals surface area contributed by atoms with E-state index in [4.69, 9.17) is 17.3 Å². The zero-order valence-electron chi connectivity index (χ0n) is 11.2. The van der Waals surface area contributed by atoms with E-state index < -0.39 is 5.92 Å². The van der Waals surface area contributed by atoms with E-state index in [0.29, 0.717) is 12.1 Å². The van der Waals surface area contributed by atoms with E-state index >= 15 is 0 Å². The summed E-state index contributed by atoms with van der Waals surface area (Å²) in [6.45, 7) is 1.31. The maximum atomic E-state index is 13.9. The molecule has 0 saturated heterocycles. The molecular formula is C15H20ClF2N. The third-order valence-corrected chi connectivity index (χ3v) is 4.54. The van der Waals surface area contributed by atoms with Gasteiger partial charge in [0.05, 0.1) is 5.02 Å². The second-order valence-corrected chi connectivity index (χ2v) is 6.00. The van der Waals surface area contributed by atoms with Crippen LogP contribution in [-0.4, -0.2) is 6.54 Å². The summed E-state index contributed by atoms with van der Waals surface area (Å²) in [6.07, 6.45) is 4.97. The average Bonchev–Trinajstić information content (AvgIpc) is 2.38. The van der Waals surface area contributed by atoms with Gasteiger partial charge in [0.25, 0.3) is 5.92 Å². The molecule has 2 rings (SSSR count). The lowest BCUT2D eigenvalue weighted by Gasteiger charge is -2.39. The first kappa shape index (κ1) is 14.7. The van der Waals surface area contributed by atoms with E-state index in [0.717, 1.165) is 39.0 Å². The quantitative estimate of drug-likeness (QED) is 0.863. The van der Waals surface area contributed by atoms with E-state index in [2.05, 4.69) is 0 Å². The monoisotopic (exact) mass is 287 g/mol. The first-order valence-corrected chi connectivity index (χ1v) is 7.16. The maximum absolute atomic E-state index is 13.9. The van der Waals surface area contributed by atoms with Crippen molar-refractivity contribution in [3.05, 3.63) is 34.3 Å². The molecule has 0 heterocycles. The number of rotatable bonds is 3. The number of benzene rings is 1. The Bertz CT molecular complexity index is 448. The fraction of sp³-hybridized carbons (Fsp3) is 0.600. The van der Waals surface area contributed by atoms with Gasteiger partial charge in [0.15, 0.2) is 0 Å². The molecule has 0 spiro atoms. The van der Waals surface area contributed by atoms with Gasteiger partial charge in [-0.3, -0.25) is 0 Å². The van der Waals surface area contributed by atoms with Crippen LogP contribution in [0.5, 0.6) is 0 Å². The molecule has 106 valence electrons. The Labute approximate surface area is 118 Å². The Kier molecular flexibility index (Phi) is 4.17. The van der Waals surface area contributed by atoms with Gasteiger partial charge in [-0.2, -0.15) is 0 Å². The number of halogens is 3. The van der Waals surface area contributed by atoms with Gasteiger partial charge in [0.1, 0.15) is 0 Å². The molecule has 0 bridgehead atoms. The van der Waals surface area contributed by atoms with Crippen molar-refractivity contribution in [1.82, 2.24) is 0 Å². The fourth-order valence-electron chi connectivity index (χ4n) is 3.22. The molecule has 19 heavy (non-hydrogen) atoms. The first-order chi connectivity index (χ1) is 8.91. The van der Waals surface area contributed by atoms with Crippen LogP contribution >= 0.6 is 11.6 Å². The van der Waals surface area contributed by atoms with Crippen molar-refractivity contribution in [2.24, 2.45) is 5.73 Å². The molecule has 0 unspecified atom stereocenters. The number of hydrogen-bond acceptors (Lipinski definition) is 1. The average molecular weight is 288 g/mol. The van der Waals surface area contributed by atoms with Gasteiger partial charge < -0.3 is 5.73 Å². The molecule has 1 aromatic rings. The number of nitrogens with two attached hydrogens (primary N) is 1. The highest BCUT2D eigenvalue weighted by atomic mass is 35.5. The summed E-state index contributed by atoms with van der Waals surface area (Å²) in [5, 5.41) is 0.142. The summed E-state index contributed by atoms with van der Waals surface area (Å²) in [5.74, 6) is -2.94. The van der Waals surface area contributed by atoms with Crippen molar-refractivity contribution in [3.63, 3.8) is 0 Å². The molecular weight excluding hydrogens is 268 g/mol. The smallest absolute Gasteiger partial charge is 0.272 e. The molecule has 1 aliphatic carbocycles. The molecule has 4 heteroatoms. The van der Waals surface area contributed by atoms with Crippen molar-refractivity contribution in [2.75, 3.05) is 6.54 Å². The lowest BCUT2D eigenvalue weighted by Crippen LogP contribution is -2.39. The van der Waals surface area contributed by atoms with Crippen LogP contribution in [0.1, 0.15) is 50.2 Å². The Morgan fingerprint density at radius 3 is 2.42 bits per heavy atom. The van der Waals surface area contributed by atoms with Crippen LogP contribution in [0.4, 0.5) is 8.78 Å². The van der Waals surface area contributed by atoms with Crippen LogP contribution in [0.2, 0.25) is 5.02 Å². The predicted octanol–water partition coefficient (Wildman–Crippen LogP) is 4.61. The molecule has 1 aromatic carbocycles. The molecule has 1 nitrogen and oxygen atoms in total. The van der Waals surface area contributed by atoms with Gasteiger partial charge in [0.2, 0.25) is 0 Å². The van der Waals surface area contributed by atoms with Crippen LogP contribution in [0.15, 0.2) is 18.2 Å². The van der Waals surface area contributed by atoms with E-state index in [1.807, 2.05) is 0 Å². The van der Waals surface area contributed by atoms with E-state index in [9.17, 15) is 8.78 Å². The van der Waals surface area contributed by atoms with E-state index in [-0.39, 0.29) is 16.0 Å². The van der Waals surface area contributed by atoms with Crippen molar-refractivity contribution >= 4 is 11.6 Å². The molecule has 0 atom stereocenters. The van der Waals surface area contributed by atoms with Crippen LogP contribution < -0.4 is 5.73 Å². The van der Waals surface area contributed by atoms with Crippen molar-refractivity contribution in [1.29, 1.82) is 0 Å². The highest BCUT2D eigenvalue weighted by molar-refractivity contribution is 6.31. The summed E-state index contributed by atoms with van der Waals surface area (Å²) < 4.78 is 27.8. The lowest BCUT2D eigenvalue weighted by atomic mass is 9.67. The Hall–Kier alpha value is -0.670. The summed E-state index contributed by atoms with van der Waals surface area (Å²) >= 11 is 6.03. The molecule has 1 saturated carbocycles. The summed E-state index contributed by atoms with van der Waals surface area (Å²) in [5.41, 5.74) is 6.22. The van der Waals surface area contributed by atoms with Crippen molar-refractivity contribution in [2.45, 2.75) is 50.4 Å². The molecule has 1 fully saturated rings. The van der Waals surface area contributed by atoms with Crippen LogP contribution in [-0.2, 0) is 11.3 Å². The third-order valence-electron chi connectivity index (χ3n) is 4.23. The van der Waals surface area contributed by atoms with Gasteiger partial charge in [0, 0.05) is 24.4 Å². The van der Waals surface area contributed by atoms with Gasteiger partial charge in [-0.05, 0) is 24.5 Å². The van der Waals surface area contributed by atoms with Crippen LogP contribution in [0.3, 0.4) is 0 Å². The third kappa shape index (κ3) is 2.77. The molecule has 0 aromatic heterocycles. The van der Waals surface area contributed by atoms with E-state index in [1.54, 1.807) is 12.1 Å². The summed E-state index contributed by atoms with van der Waals surface area (Å²) in [7, 11) is 0. The normalized spacial score (nSPS) is 19.4.